The van der Waals surface area contributed by atoms with Gasteiger partial charge in [-0.3, -0.25) is 14.5 Å². The molecule has 1 fully saturated rings. The van der Waals surface area contributed by atoms with Crippen LogP contribution in [0, 0.1) is 0 Å². The third kappa shape index (κ3) is 6.98. The van der Waals surface area contributed by atoms with Gasteiger partial charge in [-0.25, -0.2) is 9.78 Å². The number of nitrogens with one attached hydrogen (secondary N) is 2. The van der Waals surface area contributed by atoms with Gasteiger partial charge in [-0.2, -0.15) is 0 Å². The number of aromatic nitrogens is 2. The van der Waals surface area contributed by atoms with Crippen molar-refractivity contribution in [3.8, 4) is 0 Å². The number of methoxy groups -OCH3 is 1. The van der Waals surface area contributed by atoms with E-state index in [0.29, 0.717) is 42.5 Å². The number of thioether (sulfide) groups is 1. The molecule has 0 radical (unpaired) electrons. The van der Waals surface area contributed by atoms with Crippen LogP contribution in [0.15, 0.2) is 114 Å². The number of piperazine rings is 1. The average molecular weight is 634 g/mol. The first kappa shape index (κ1) is 31.1. The Bertz CT molecular complexity index is 1730. The van der Waals surface area contributed by atoms with E-state index in [0.717, 1.165) is 10.9 Å². The van der Waals surface area contributed by atoms with Crippen LogP contribution < -0.4 is 5.32 Å². The number of ether oxygens (including phenoxy) is 1. The largest absolute Gasteiger partial charge is 0.465 e. The minimum Gasteiger partial charge on any atom is -0.465 e. The third-order valence-electron chi connectivity index (χ3n) is 8.16. The second-order valence-corrected chi connectivity index (χ2v) is 12.0. The standard InChI is InChI=1S/C36H35N5O4S/c1-45-36(44)28-16-10-18-37-34(28)46-24-31(39-33(42)30-23-27-15-8-9-17-29(27)38-30)35(43)41-21-19-40(20-22-41)32(25-11-4-2-5-12-25)26-13-6-3-7-14-26/h2-18,23,31-32,38H,19-22,24H2,1H3,(H,39,42)/t31-/m1/s1. The molecule has 6 rings (SSSR count). The highest BCUT2D eigenvalue weighted by Crippen LogP contribution is 2.30. The number of nitrogens with zero attached hydrogens (tertiary/aromatic N) is 3. The van der Waals surface area contributed by atoms with E-state index in [2.05, 4.69) is 68.7 Å². The van der Waals surface area contributed by atoms with Crippen molar-refractivity contribution in [1.29, 1.82) is 0 Å². The zero-order valence-corrected chi connectivity index (χ0v) is 26.3. The molecule has 0 aliphatic carbocycles. The van der Waals surface area contributed by atoms with Crippen molar-refractivity contribution in [2.75, 3.05) is 39.0 Å². The molecule has 3 aromatic carbocycles. The molecule has 1 saturated heterocycles. The molecule has 1 aliphatic heterocycles. The lowest BCUT2D eigenvalue weighted by Gasteiger charge is -2.40. The third-order valence-corrected chi connectivity index (χ3v) is 9.26. The number of H-pyrrole nitrogens is 1. The van der Waals surface area contributed by atoms with Gasteiger partial charge < -0.3 is 19.9 Å². The zero-order chi connectivity index (χ0) is 31.9. The predicted octanol–water partition coefficient (Wildman–Crippen LogP) is 5.17. The Kier molecular flexibility index (Phi) is 9.76. The number of rotatable bonds is 10. The number of aromatic amines is 1. The van der Waals surface area contributed by atoms with Crippen LogP contribution in [0.3, 0.4) is 0 Å². The van der Waals surface area contributed by atoms with Crippen LogP contribution in [-0.2, 0) is 9.53 Å². The highest BCUT2D eigenvalue weighted by molar-refractivity contribution is 7.99. The minimum atomic E-state index is -0.859. The Morgan fingerprint density at radius 2 is 1.52 bits per heavy atom. The first-order valence-corrected chi connectivity index (χ1v) is 16.2. The average Bonchev–Trinajstić information content (AvgIpc) is 3.56. The van der Waals surface area contributed by atoms with Crippen molar-refractivity contribution < 1.29 is 19.1 Å². The molecule has 1 atom stereocenters. The molecule has 234 valence electrons. The fraction of sp³-hybridized carbons (Fsp3) is 0.222. The summed E-state index contributed by atoms with van der Waals surface area (Å²) in [6.45, 7) is 2.36. The van der Waals surface area contributed by atoms with Gasteiger partial charge in [0.1, 0.15) is 16.8 Å². The van der Waals surface area contributed by atoms with Crippen molar-refractivity contribution in [1.82, 2.24) is 25.1 Å². The summed E-state index contributed by atoms with van der Waals surface area (Å²) in [5, 5.41) is 4.31. The number of amides is 2. The zero-order valence-electron chi connectivity index (χ0n) is 25.5. The quantitative estimate of drug-likeness (QED) is 0.161. The summed E-state index contributed by atoms with van der Waals surface area (Å²) in [4.78, 5) is 51.7. The van der Waals surface area contributed by atoms with Crippen LogP contribution in [0.1, 0.15) is 38.0 Å². The molecule has 46 heavy (non-hydrogen) atoms. The molecule has 9 nitrogen and oxygen atoms in total. The molecular weight excluding hydrogens is 598 g/mol. The normalized spacial score (nSPS) is 14.3. The van der Waals surface area contributed by atoms with Crippen LogP contribution in [0.4, 0.5) is 0 Å². The molecule has 2 N–H and O–H groups in total. The summed E-state index contributed by atoms with van der Waals surface area (Å²) < 4.78 is 4.92. The lowest BCUT2D eigenvalue weighted by molar-refractivity contribution is -0.134. The smallest absolute Gasteiger partial charge is 0.340 e. The van der Waals surface area contributed by atoms with Gasteiger partial charge in [0.15, 0.2) is 0 Å². The Morgan fingerprint density at radius 3 is 2.17 bits per heavy atom. The molecule has 0 unspecified atom stereocenters. The second kappa shape index (κ2) is 14.4. The topological polar surface area (TPSA) is 108 Å². The number of hydrogen-bond donors (Lipinski definition) is 2. The molecule has 10 heteroatoms. The summed E-state index contributed by atoms with van der Waals surface area (Å²) in [7, 11) is 1.32. The van der Waals surface area contributed by atoms with Crippen molar-refractivity contribution in [2.45, 2.75) is 17.1 Å². The van der Waals surface area contributed by atoms with Crippen molar-refractivity contribution in [3.63, 3.8) is 0 Å². The minimum absolute atomic E-state index is 0.0635. The van der Waals surface area contributed by atoms with E-state index in [1.807, 2.05) is 41.3 Å². The van der Waals surface area contributed by atoms with Crippen LogP contribution in [0.5, 0.6) is 0 Å². The fourth-order valence-electron chi connectivity index (χ4n) is 5.85. The van der Waals surface area contributed by atoms with E-state index in [-0.39, 0.29) is 23.6 Å². The van der Waals surface area contributed by atoms with Gasteiger partial charge >= 0.3 is 5.97 Å². The van der Waals surface area contributed by atoms with Crippen LogP contribution in [-0.4, -0.2) is 82.6 Å². The van der Waals surface area contributed by atoms with Crippen LogP contribution in [0.2, 0.25) is 0 Å². The monoisotopic (exact) mass is 633 g/mol. The first-order valence-electron chi connectivity index (χ1n) is 15.2. The lowest BCUT2D eigenvalue weighted by Crippen LogP contribution is -2.56. The van der Waals surface area contributed by atoms with Gasteiger partial charge in [-0.15, -0.1) is 11.8 Å². The highest BCUT2D eigenvalue weighted by Gasteiger charge is 2.32. The maximum atomic E-state index is 14.1. The van der Waals surface area contributed by atoms with E-state index in [4.69, 9.17) is 4.74 Å². The highest BCUT2D eigenvalue weighted by atomic mass is 32.2. The summed E-state index contributed by atoms with van der Waals surface area (Å²) in [6.07, 6.45) is 1.59. The molecule has 2 amide bonds. The maximum absolute atomic E-state index is 14.1. The van der Waals surface area contributed by atoms with Gasteiger partial charge in [0, 0.05) is 49.0 Å². The van der Waals surface area contributed by atoms with Gasteiger partial charge in [-0.05, 0) is 35.4 Å². The Labute approximate surface area is 272 Å². The van der Waals surface area contributed by atoms with E-state index in [1.165, 1.54) is 30.0 Å². The van der Waals surface area contributed by atoms with E-state index < -0.39 is 12.0 Å². The number of benzene rings is 3. The number of esters is 1. The van der Waals surface area contributed by atoms with Gasteiger partial charge in [0.05, 0.1) is 18.7 Å². The second-order valence-electron chi connectivity index (χ2n) is 11.0. The number of hydrogen-bond acceptors (Lipinski definition) is 7. The summed E-state index contributed by atoms with van der Waals surface area (Å²) in [5.41, 5.74) is 3.92. The molecule has 0 spiro atoms. The molecule has 0 bridgehead atoms. The molecule has 3 heterocycles. The summed E-state index contributed by atoms with van der Waals surface area (Å²) in [6, 6.07) is 32.7. The molecular formula is C36H35N5O4S. The Morgan fingerprint density at radius 1 is 0.870 bits per heavy atom. The maximum Gasteiger partial charge on any atom is 0.340 e. The number of fused-ring (bicyclic) bond motifs is 1. The number of pyridine rings is 1. The molecule has 1 aliphatic rings. The number of para-hydroxylation sites is 1. The number of carbonyl (C=O) groups is 3. The Hall–Kier alpha value is -4.93. The fourth-order valence-corrected chi connectivity index (χ4v) is 6.84. The SMILES string of the molecule is COC(=O)c1cccnc1SC[C@@H](NC(=O)c1cc2ccccc2[nH]1)C(=O)N1CCN(C(c2ccccc2)c2ccccc2)CC1. The van der Waals surface area contributed by atoms with Crippen LogP contribution >= 0.6 is 11.8 Å². The summed E-state index contributed by atoms with van der Waals surface area (Å²) >= 11 is 1.24. The summed E-state index contributed by atoms with van der Waals surface area (Å²) in [5.74, 6) is -0.884. The molecule has 2 aromatic heterocycles. The van der Waals surface area contributed by atoms with Crippen molar-refractivity contribution in [3.05, 3.63) is 132 Å². The van der Waals surface area contributed by atoms with E-state index >= 15 is 0 Å². The van der Waals surface area contributed by atoms with Gasteiger partial charge in [0.2, 0.25) is 5.91 Å². The van der Waals surface area contributed by atoms with Crippen molar-refractivity contribution >= 4 is 40.4 Å². The first-order chi connectivity index (χ1) is 22.5. The lowest BCUT2D eigenvalue weighted by atomic mass is 9.96. The van der Waals surface area contributed by atoms with Crippen molar-refractivity contribution in [2.24, 2.45) is 0 Å². The van der Waals surface area contributed by atoms with Gasteiger partial charge in [0.25, 0.3) is 5.91 Å². The Balaban J connectivity index is 1.20. The van der Waals surface area contributed by atoms with Gasteiger partial charge in [-0.1, -0.05) is 78.9 Å². The number of carbonyl (C=O) groups excluding carboxylic acids is 3. The van der Waals surface area contributed by atoms with E-state index in [9.17, 15) is 14.4 Å². The molecule has 5 aromatic rings. The molecule has 0 saturated carbocycles. The predicted molar refractivity (Wildman–Crippen MR) is 179 cm³/mol. The van der Waals surface area contributed by atoms with Crippen LogP contribution in [0.25, 0.3) is 10.9 Å². The van der Waals surface area contributed by atoms with E-state index in [1.54, 1.807) is 24.4 Å².